The molecule has 0 aliphatic rings. The minimum absolute atomic E-state index is 0.0775. The van der Waals surface area contributed by atoms with Gasteiger partial charge in [0.2, 0.25) is 11.8 Å². The predicted molar refractivity (Wildman–Crippen MR) is 69.7 cm³/mol. The smallest absolute Gasteiger partial charge is 0.224 e. The number of hydrogen-bond acceptors (Lipinski definition) is 2. The van der Waals surface area contributed by atoms with Crippen molar-refractivity contribution < 1.29 is 9.59 Å². The zero-order valence-corrected chi connectivity index (χ0v) is 12.0. The molecule has 2 amide bonds. The van der Waals surface area contributed by atoms with Gasteiger partial charge in [-0.2, -0.15) is 0 Å². The summed E-state index contributed by atoms with van der Waals surface area (Å²) in [7, 11) is 3.55. The lowest BCUT2D eigenvalue weighted by molar-refractivity contribution is -0.135. The van der Waals surface area contributed by atoms with Gasteiger partial charge in [0.25, 0.3) is 0 Å². The lowest BCUT2D eigenvalue weighted by Crippen LogP contribution is -2.43. The summed E-state index contributed by atoms with van der Waals surface area (Å²) in [5.41, 5.74) is -0.164. The summed E-state index contributed by atoms with van der Waals surface area (Å²) in [6, 6.07) is 0. The highest BCUT2D eigenvalue weighted by atomic mass is 16.2. The quantitative estimate of drug-likeness (QED) is 0.738. The van der Waals surface area contributed by atoms with E-state index >= 15 is 0 Å². The molecule has 0 aromatic rings. The van der Waals surface area contributed by atoms with Crippen LogP contribution in [0.5, 0.6) is 0 Å². The summed E-state index contributed by atoms with van der Waals surface area (Å²) in [5, 5.41) is 0. The van der Waals surface area contributed by atoms with Gasteiger partial charge in [-0.25, -0.2) is 0 Å². The van der Waals surface area contributed by atoms with Crippen molar-refractivity contribution in [1.82, 2.24) is 9.80 Å². The topological polar surface area (TPSA) is 40.6 Å². The molecule has 4 nitrogen and oxygen atoms in total. The summed E-state index contributed by atoms with van der Waals surface area (Å²) in [6.45, 7) is 8.47. The molecule has 0 saturated heterocycles. The van der Waals surface area contributed by atoms with E-state index in [4.69, 9.17) is 0 Å². The van der Waals surface area contributed by atoms with E-state index in [9.17, 15) is 9.59 Å². The Morgan fingerprint density at radius 3 is 1.94 bits per heavy atom. The van der Waals surface area contributed by atoms with Crippen molar-refractivity contribution in [2.45, 2.75) is 52.5 Å². The molecule has 0 spiro atoms. The van der Waals surface area contributed by atoms with Crippen LogP contribution in [0.4, 0.5) is 0 Å². The fourth-order valence-electron chi connectivity index (χ4n) is 1.33. The van der Waals surface area contributed by atoms with Gasteiger partial charge in [-0.05, 0) is 27.2 Å². The highest BCUT2D eigenvalue weighted by molar-refractivity contribution is 5.79. The molecule has 4 heteroatoms. The minimum Gasteiger partial charge on any atom is -0.345 e. The Labute approximate surface area is 105 Å². The number of carbonyl (C=O) groups is 2. The van der Waals surface area contributed by atoms with E-state index < -0.39 is 0 Å². The second-order valence-electron chi connectivity index (χ2n) is 5.44. The van der Waals surface area contributed by atoms with Crippen LogP contribution in [0.2, 0.25) is 0 Å². The molecule has 0 radical (unpaired) electrons. The third-order valence-electron chi connectivity index (χ3n) is 2.93. The van der Waals surface area contributed by atoms with Crippen molar-refractivity contribution in [2.75, 3.05) is 20.6 Å². The van der Waals surface area contributed by atoms with Crippen LogP contribution < -0.4 is 0 Å². The van der Waals surface area contributed by atoms with E-state index in [0.717, 1.165) is 6.42 Å². The van der Waals surface area contributed by atoms with Crippen molar-refractivity contribution in [3.05, 3.63) is 0 Å². The monoisotopic (exact) mass is 242 g/mol. The van der Waals surface area contributed by atoms with Crippen LogP contribution in [0.15, 0.2) is 0 Å². The van der Waals surface area contributed by atoms with E-state index in [1.54, 1.807) is 23.9 Å². The standard InChI is InChI=1S/C13H26N2O2/c1-7-8-11(16)14(5)10-9-12(17)15(6)13(2,3)4/h7-10H2,1-6H3. The second-order valence-corrected chi connectivity index (χ2v) is 5.44. The zero-order valence-electron chi connectivity index (χ0n) is 12.0. The highest BCUT2D eigenvalue weighted by Gasteiger charge is 2.22. The Morgan fingerprint density at radius 1 is 1.00 bits per heavy atom. The first-order valence-electron chi connectivity index (χ1n) is 6.20. The first-order chi connectivity index (χ1) is 7.70. The van der Waals surface area contributed by atoms with Crippen LogP contribution in [0.3, 0.4) is 0 Å². The third-order valence-corrected chi connectivity index (χ3v) is 2.93. The predicted octanol–water partition coefficient (Wildman–Crippen LogP) is 1.89. The number of carbonyl (C=O) groups excluding carboxylic acids is 2. The summed E-state index contributed by atoms with van der Waals surface area (Å²) < 4.78 is 0. The van der Waals surface area contributed by atoms with Gasteiger partial charge in [0.15, 0.2) is 0 Å². The van der Waals surface area contributed by atoms with Crippen LogP contribution in [-0.4, -0.2) is 47.8 Å². The molecular formula is C13H26N2O2. The maximum Gasteiger partial charge on any atom is 0.224 e. The van der Waals surface area contributed by atoms with E-state index in [-0.39, 0.29) is 17.4 Å². The van der Waals surface area contributed by atoms with Gasteiger partial charge in [0, 0.05) is 39.0 Å². The Hall–Kier alpha value is -1.06. The fraction of sp³-hybridized carbons (Fsp3) is 0.846. The van der Waals surface area contributed by atoms with Gasteiger partial charge in [-0.3, -0.25) is 9.59 Å². The molecule has 0 bridgehead atoms. The normalized spacial score (nSPS) is 11.2. The SMILES string of the molecule is CCCC(=O)N(C)CCC(=O)N(C)C(C)(C)C. The first kappa shape index (κ1) is 15.9. The number of rotatable bonds is 5. The van der Waals surface area contributed by atoms with Gasteiger partial charge < -0.3 is 9.80 Å². The van der Waals surface area contributed by atoms with E-state index in [1.165, 1.54) is 0 Å². The maximum atomic E-state index is 11.9. The summed E-state index contributed by atoms with van der Waals surface area (Å²) in [4.78, 5) is 26.8. The van der Waals surface area contributed by atoms with Crippen molar-refractivity contribution in [2.24, 2.45) is 0 Å². The van der Waals surface area contributed by atoms with Crippen molar-refractivity contribution >= 4 is 11.8 Å². The maximum absolute atomic E-state index is 11.9. The van der Waals surface area contributed by atoms with Gasteiger partial charge in [0.05, 0.1) is 0 Å². The molecule has 0 aromatic heterocycles. The molecule has 0 atom stereocenters. The largest absolute Gasteiger partial charge is 0.345 e. The highest BCUT2D eigenvalue weighted by Crippen LogP contribution is 2.11. The minimum atomic E-state index is -0.164. The average Bonchev–Trinajstić information content (AvgIpc) is 2.23. The van der Waals surface area contributed by atoms with Crippen LogP contribution in [0, 0.1) is 0 Å². The summed E-state index contributed by atoms with van der Waals surface area (Å²) >= 11 is 0. The van der Waals surface area contributed by atoms with E-state index in [2.05, 4.69) is 0 Å². The Kier molecular flexibility index (Phi) is 6.21. The fourth-order valence-corrected chi connectivity index (χ4v) is 1.33. The third kappa shape index (κ3) is 5.71. The van der Waals surface area contributed by atoms with Gasteiger partial charge in [-0.1, -0.05) is 6.92 Å². The van der Waals surface area contributed by atoms with Gasteiger partial charge in [0.1, 0.15) is 0 Å². The van der Waals surface area contributed by atoms with Crippen molar-refractivity contribution in [3.8, 4) is 0 Å². The lowest BCUT2D eigenvalue weighted by Gasteiger charge is -2.32. The van der Waals surface area contributed by atoms with E-state index in [0.29, 0.717) is 19.4 Å². The molecule has 0 aliphatic carbocycles. The zero-order chi connectivity index (χ0) is 13.6. The number of hydrogen-bond donors (Lipinski definition) is 0. The molecule has 0 aliphatic heterocycles. The molecule has 0 fully saturated rings. The molecule has 0 heterocycles. The van der Waals surface area contributed by atoms with Gasteiger partial charge >= 0.3 is 0 Å². The van der Waals surface area contributed by atoms with Crippen molar-refractivity contribution in [3.63, 3.8) is 0 Å². The Bertz CT molecular complexity index is 269. The molecule has 0 unspecified atom stereocenters. The molecule has 17 heavy (non-hydrogen) atoms. The summed E-state index contributed by atoms with van der Waals surface area (Å²) in [6.07, 6.45) is 1.79. The average molecular weight is 242 g/mol. The number of nitrogens with zero attached hydrogens (tertiary/aromatic N) is 2. The first-order valence-corrected chi connectivity index (χ1v) is 6.20. The van der Waals surface area contributed by atoms with Crippen LogP contribution in [0.1, 0.15) is 47.0 Å². The lowest BCUT2D eigenvalue weighted by atomic mass is 10.1. The van der Waals surface area contributed by atoms with Gasteiger partial charge in [-0.15, -0.1) is 0 Å². The second kappa shape index (κ2) is 6.62. The van der Waals surface area contributed by atoms with Crippen LogP contribution in [0.25, 0.3) is 0 Å². The van der Waals surface area contributed by atoms with Crippen LogP contribution >= 0.6 is 0 Å². The molecule has 0 rings (SSSR count). The molecule has 0 saturated carbocycles. The molecule has 0 aromatic carbocycles. The van der Waals surface area contributed by atoms with Crippen LogP contribution in [-0.2, 0) is 9.59 Å². The Balaban J connectivity index is 4.12. The van der Waals surface area contributed by atoms with Crippen molar-refractivity contribution in [1.29, 1.82) is 0 Å². The Morgan fingerprint density at radius 2 is 1.53 bits per heavy atom. The van der Waals surface area contributed by atoms with E-state index in [1.807, 2.05) is 27.7 Å². The number of amides is 2. The molecular weight excluding hydrogens is 216 g/mol. The molecule has 0 N–H and O–H groups in total. The molecule has 100 valence electrons. The summed E-state index contributed by atoms with van der Waals surface area (Å²) in [5.74, 6) is 0.187.